The second-order valence-electron chi connectivity index (χ2n) is 7.57. The third-order valence-electron chi connectivity index (χ3n) is 4.67. The van der Waals surface area contributed by atoms with E-state index in [1.54, 1.807) is 0 Å². The molecule has 0 bridgehead atoms. The van der Waals surface area contributed by atoms with Gasteiger partial charge in [0, 0.05) is 18.5 Å². The summed E-state index contributed by atoms with van der Waals surface area (Å²) in [6, 6.07) is 7.70. The lowest BCUT2D eigenvalue weighted by Crippen LogP contribution is -2.37. The van der Waals surface area contributed by atoms with E-state index < -0.39 is 0 Å². The second-order valence-corrected chi connectivity index (χ2v) is 7.57. The summed E-state index contributed by atoms with van der Waals surface area (Å²) in [7, 11) is 0. The standard InChI is InChI=1S/C21H32N2O3/c1-16(2)15-26-19-11-7-6-10-18(19)13-22-21(25)14-23-20(24)12-17-8-4-3-5-9-17/h6-7,10-11,16-17H,3-5,8-9,12-15H2,1-2H3,(H,22,25)(H,23,24). The van der Waals surface area contributed by atoms with Gasteiger partial charge in [0.1, 0.15) is 5.75 Å². The van der Waals surface area contributed by atoms with Crippen molar-refractivity contribution in [2.45, 2.75) is 58.9 Å². The average molecular weight is 360 g/mol. The lowest BCUT2D eigenvalue weighted by Gasteiger charge is -2.20. The maximum Gasteiger partial charge on any atom is 0.239 e. The maximum absolute atomic E-state index is 12.0. The minimum absolute atomic E-state index is 0.0206. The van der Waals surface area contributed by atoms with Crippen LogP contribution in [0, 0.1) is 11.8 Å². The van der Waals surface area contributed by atoms with Gasteiger partial charge in [-0.05, 0) is 30.7 Å². The fraction of sp³-hybridized carbons (Fsp3) is 0.619. The molecular weight excluding hydrogens is 328 g/mol. The first-order valence-corrected chi connectivity index (χ1v) is 9.78. The topological polar surface area (TPSA) is 67.4 Å². The normalized spacial score (nSPS) is 14.9. The first-order valence-electron chi connectivity index (χ1n) is 9.78. The van der Waals surface area contributed by atoms with Crippen LogP contribution in [-0.2, 0) is 16.1 Å². The molecule has 144 valence electrons. The number of carbonyl (C=O) groups excluding carboxylic acids is 2. The van der Waals surface area contributed by atoms with Crippen LogP contribution in [0.25, 0.3) is 0 Å². The molecule has 1 aliphatic rings. The number of para-hydroxylation sites is 1. The summed E-state index contributed by atoms with van der Waals surface area (Å²) in [5.41, 5.74) is 0.940. The zero-order valence-electron chi connectivity index (χ0n) is 16.1. The average Bonchev–Trinajstić information content (AvgIpc) is 2.64. The zero-order chi connectivity index (χ0) is 18.8. The fourth-order valence-electron chi connectivity index (χ4n) is 3.21. The van der Waals surface area contributed by atoms with Crippen molar-refractivity contribution in [1.82, 2.24) is 10.6 Å². The van der Waals surface area contributed by atoms with E-state index in [2.05, 4.69) is 24.5 Å². The molecule has 0 aromatic heterocycles. The molecule has 1 saturated carbocycles. The van der Waals surface area contributed by atoms with Gasteiger partial charge < -0.3 is 15.4 Å². The monoisotopic (exact) mass is 360 g/mol. The van der Waals surface area contributed by atoms with Crippen LogP contribution in [-0.4, -0.2) is 25.0 Å². The van der Waals surface area contributed by atoms with E-state index in [4.69, 9.17) is 4.74 Å². The fourth-order valence-corrected chi connectivity index (χ4v) is 3.21. The van der Waals surface area contributed by atoms with Crippen molar-refractivity contribution in [3.05, 3.63) is 29.8 Å². The number of nitrogens with one attached hydrogen (secondary N) is 2. The highest BCUT2D eigenvalue weighted by molar-refractivity contribution is 5.84. The second kappa shape index (κ2) is 10.8. The molecule has 1 aromatic rings. The molecule has 0 unspecified atom stereocenters. The molecule has 0 atom stereocenters. The Morgan fingerprint density at radius 2 is 1.81 bits per heavy atom. The molecule has 0 radical (unpaired) electrons. The third kappa shape index (κ3) is 7.46. The SMILES string of the molecule is CC(C)COc1ccccc1CNC(=O)CNC(=O)CC1CCCCC1. The van der Waals surface area contributed by atoms with Gasteiger partial charge in [-0.1, -0.05) is 51.3 Å². The molecule has 2 rings (SSSR count). The van der Waals surface area contributed by atoms with E-state index in [1.807, 2.05) is 24.3 Å². The molecule has 5 heteroatoms. The van der Waals surface area contributed by atoms with E-state index in [0.717, 1.165) is 24.2 Å². The molecule has 2 N–H and O–H groups in total. The highest BCUT2D eigenvalue weighted by atomic mass is 16.5. The summed E-state index contributed by atoms with van der Waals surface area (Å²) in [6.45, 7) is 5.26. The van der Waals surface area contributed by atoms with Crippen molar-refractivity contribution in [2.75, 3.05) is 13.2 Å². The number of rotatable bonds is 9. The Morgan fingerprint density at radius 3 is 2.54 bits per heavy atom. The van der Waals surface area contributed by atoms with Crippen LogP contribution < -0.4 is 15.4 Å². The van der Waals surface area contributed by atoms with E-state index in [1.165, 1.54) is 19.3 Å². The number of hydrogen-bond donors (Lipinski definition) is 2. The van der Waals surface area contributed by atoms with Crippen LogP contribution in [0.4, 0.5) is 0 Å². The molecule has 1 aromatic carbocycles. The lowest BCUT2D eigenvalue weighted by atomic mass is 9.87. The van der Waals surface area contributed by atoms with E-state index >= 15 is 0 Å². The number of carbonyl (C=O) groups is 2. The van der Waals surface area contributed by atoms with Crippen LogP contribution in [0.15, 0.2) is 24.3 Å². The van der Waals surface area contributed by atoms with Crippen molar-refractivity contribution in [1.29, 1.82) is 0 Å². The largest absolute Gasteiger partial charge is 0.493 e. The molecule has 0 spiro atoms. The molecule has 5 nitrogen and oxygen atoms in total. The van der Waals surface area contributed by atoms with E-state index in [-0.39, 0.29) is 18.4 Å². The van der Waals surface area contributed by atoms with Crippen molar-refractivity contribution in [3.63, 3.8) is 0 Å². The first kappa shape index (κ1) is 20.3. The Kier molecular flexibility index (Phi) is 8.45. The van der Waals surface area contributed by atoms with Gasteiger partial charge in [0.2, 0.25) is 11.8 Å². The summed E-state index contributed by atoms with van der Waals surface area (Å²) in [6.07, 6.45) is 6.52. The summed E-state index contributed by atoms with van der Waals surface area (Å²) in [4.78, 5) is 24.0. The van der Waals surface area contributed by atoms with E-state index in [0.29, 0.717) is 31.4 Å². The Hall–Kier alpha value is -2.04. The number of hydrogen-bond acceptors (Lipinski definition) is 3. The minimum atomic E-state index is -0.180. The van der Waals surface area contributed by atoms with Gasteiger partial charge in [0.25, 0.3) is 0 Å². The highest BCUT2D eigenvalue weighted by Gasteiger charge is 2.17. The van der Waals surface area contributed by atoms with Crippen LogP contribution >= 0.6 is 0 Å². The molecule has 2 amide bonds. The Bertz CT molecular complexity index is 580. The minimum Gasteiger partial charge on any atom is -0.493 e. The summed E-state index contributed by atoms with van der Waals surface area (Å²) >= 11 is 0. The quantitative estimate of drug-likeness (QED) is 0.709. The Balaban J connectivity index is 1.70. The van der Waals surface area contributed by atoms with Crippen molar-refractivity contribution in [2.24, 2.45) is 11.8 Å². The number of amides is 2. The molecule has 0 saturated heterocycles. The molecular formula is C21H32N2O3. The molecule has 0 aliphatic heterocycles. The van der Waals surface area contributed by atoms with Gasteiger partial charge in [-0.2, -0.15) is 0 Å². The molecule has 1 fully saturated rings. The highest BCUT2D eigenvalue weighted by Crippen LogP contribution is 2.26. The van der Waals surface area contributed by atoms with Crippen molar-refractivity contribution >= 4 is 11.8 Å². The van der Waals surface area contributed by atoms with Gasteiger partial charge in [-0.25, -0.2) is 0 Å². The Labute approximate surface area is 156 Å². The van der Waals surface area contributed by atoms with Crippen LogP contribution in [0.3, 0.4) is 0 Å². The zero-order valence-corrected chi connectivity index (χ0v) is 16.1. The van der Waals surface area contributed by atoms with Crippen molar-refractivity contribution in [3.8, 4) is 5.75 Å². The lowest BCUT2D eigenvalue weighted by molar-refractivity contribution is -0.126. The van der Waals surface area contributed by atoms with E-state index in [9.17, 15) is 9.59 Å². The predicted molar refractivity (Wildman–Crippen MR) is 103 cm³/mol. The molecule has 1 aliphatic carbocycles. The van der Waals surface area contributed by atoms with Crippen molar-refractivity contribution < 1.29 is 14.3 Å². The predicted octanol–water partition coefficient (Wildman–Crippen LogP) is 3.42. The van der Waals surface area contributed by atoms with Gasteiger partial charge in [-0.3, -0.25) is 9.59 Å². The number of benzene rings is 1. The van der Waals surface area contributed by atoms with Gasteiger partial charge >= 0.3 is 0 Å². The van der Waals surface area contributed by atoms with Crippen LogP contribution in [0.2, 0.25) is 0 Å². The Morgan fingerprint density at radius 1 is 1.08 bits per heavy atom. The van der Waals surface area contributed by atoms with Gasteiger partial charge in [0.15, 0.2) is 0 Å². The smallest absolute Gasteiger partial charge is 0.239 e. The first-order chi connectivity index (χ1) is 12.5. The molecule has 0 heterocycles. The van der Waals surface area contributed by atoms with Crippen LogP contribution in [0.5, 0.6) is 5.75 Å². The molecule has 26 heavy (non-hydrogen) atoms. The van der Waals surface area contributed by atoms with Gasteiger partial charge in [0.05, 0.1) is 13.2 Å². The maximum atomic E-state index is 12.0. The van der Waals surface area contributed by atoms with Crippen LogP contribution in [0.1, 0.15) is 57.9 Å². The number of ether oxygens (including phenoxy) is 1. The third-order valence-corrected chi connectivity index (χ3v) is 4.67. The summed E-state index contributed by atoms with van der Waals surface area (Å²) in [5, 5.41) is 5.59. The summed E-state index contributed by atoms with van der Waals surface area (Å²) < 4.78 is 5.79. The summed E-state index contributed by atoms with van der Waals surface area (Å²) in [5.74, 6) is 1.52. The van der Waals surface area contributed by atoms with Gasteiger partial charge in [-0.15, -0.1) is 0 Å².